The summed E-state index contributed by atoms with van der Waals surface area (Å²) in [6.45, 7) is 10.7. The van der Waals surface area contributed by atoms with Crippen LogP contribution in [0.1, 0.15) is 73.1 Å². The van der Waals surface area contributed by atoms with Crippen molar-refractivity contribution in [2.45, 2.75) is 95.9 Å². The summed E-state index contributed by atoms with van der Waals surface area (Å²) in [5.74, 6) is -5.89. The molecule has 1 saturated carbocycles. The normalized spacial score (nSPS) is 21.0. The minimum absolute atomic E-state index is 0.158. The van der Waals surface area contributed by atoms with Gasteiger partial charge < -0.3 is 9.47 Å². The topological polar surface area (TPSA) is 52.6 Å². The maximum atomic E-state index is 14.7. The van der Waals surface area contributed by atoms with Crippen LogP contribution in [0.4, 0.5) is 8.78 Å². The van der Waals surface area contributed by atoms with Crippen molar-refractivity contribution in [1.29, 1.82) is 0 Å². The molecule has 7 heteroatoms. The van der Waals surface area contributed by atoms with Gasteiger partial charge in [0.25, 0.3) is 0 Å². The lowest BCUT2D eigenvalue weighted by atomic mass is 9.97. The molecular formula is C19H33F2O4P. The van der Waals surface area contributed by atoms with E-state index < -0.39 is 34.7 Å². The highest BCUT2D eigenvalue weighted by Crippen LogP contribution is 2.39. The minimum Gasteiger partial charge on any atom is -0.455 e. The summed E-state index contributed by atoms with van der Waals surface area (Å²) in [4.78, 5) is 24.7. The Morgan fingerprint density at radius 1 is 1.19 bits per heavy atom. The van der Waals surface area contributed by atoms with Gasteiger partial charge in [-0.15, -0.1) is 8.58 Å². The lowest BCUT2D eigenvalue weighted by Gasteiger charge is -2.33. The quantitative estimate of drug-likeness (QED) is 0.411. The molecule has 152 valence electrons. The Kier molecular flexibility index (Phi) is 8.01. The van der Waals surface area contributed by atoms with Gasteiger partial charge in [0, 0.05) is 0 Å². The molecule has 0 amide bonds. The molecule has 1 aliphatic rings. The third-order valence-electron chi connectivity index (χ3n) is 5.12. The van der Waals surface area contributed by atoms with Gasteiger partial charge in [0.1, 0.15) is 5.60 Å². The molecule has 0 bridgehead atoms. The predicted molar refractivity (Wildman–Crippen MR) is 100 cm³/mol. The first-order valence-electron chi connectivity index (χ1n) is 9.41. The van der Waals surface area contributed by atoms with Gasteiger partial charge in [-0.2, -0.15) is 8.78 Å². The number of hydrogen-bond acceptors (Lipinski definition) is 4. The first-order valence-corrected chi connectivity index (χ1v) is 10.9. The van der Waals surface area contributed by atoms with Crippen molar-refractivity contribution < 1.29 is 27.8 Å². The zero-order valence-corrected chi connectivity index (χ0v) is 17.8. The van der Waals surface area contributed by atoms with Gasteiger partial charge in [-0.3, -0.25) is 4.79 Å². The van der Waals surface area contributed by atoms with Crippen LogP contribution < -0.4 is 0 Å². The summed E-state index contributed by atoms with van der Waals surface area (Å²) in [7, 11) is 0.218. The second kappa shape index (κ2) is 8.95. The summed E-state index contributed by atoms with van der Waals surface area (Å²) in [6.07, 6.45) is 1.44. The predicted octanol–water partition coefficient (Wildman–Crippen LogP) is 4.93. The van der Waals surface area contributed by atoms with E-state index in [0.29, 0.717) is 19.3 Å². The zero-order chi connectivity index (χ0) is 20.2. The molecule has 0 heterocycles. The van der Waals surface area contributed by atoms with E-state index in [1.165, 1.54) is 6.92 Å². The Morgan fingerprint density at radius 3 is 2.15 bits per heavy atom. The molecule has 0 radical (unpaired) electrons. The van der Waals surface area contributed by atoms with E-state index in [0.717, 1.165) is 12.8 Å². The van der Waals surface area contributed by atoms with Crippen LogP contribution in [0, 0.1) is 5.92 Å². The molecule has 1 aliphatic carbocycles. The smallest absolute Gasteiger partial charge is 0.381 e. The Labute approximate surface area is 157 Å². The van der Waals surface area contributed by atoms with E-state index in [-0.39, 0.29) is 20.9 Å². The summed E-state index contributed by atoms with van der Waals surface area (Å²) < 4.78 is 39.6. The molecule has 3 unspecified atom stereocenters. The summed E-state index contributed by atoms with van der Waals surface area (Å²) in [5, 5.41) is -0.820. The number of ether oxygens (including phenoxy) is 2. The van der Waals surface area contributed by atoms with Gasteiger partial charge in [0.15, 0.2) is 6.10 Å². The molecule has 0 aliphatic heterocycles. The number of carbonyl (C=O) groups is 2. The van der Waals surface area contributed by atoms with E-state index >= 15 is 0 Å². The Bertz CT molecular complexity index is 504. The van der Waals surface area contributed by atoms with Crippen LogP contribution in [0.15, 0.2) is 0 Å². The van der Waals surface area contributed by atoms with Gasteiger partial charge in [0.2, 0.25) is 0 Å². The lowest BCUT2D eigenvalue weighted by molar-refractivity contribution is -0.209. The van der Waals surface area contributed by atoms with E-state index in [1.54, 1.807) is 13.8 Å². The van der Waals surface area contributed by atoms with Gasteiger partial charge in [-0.25, -0.2) is 4.79 Å². The third kappa shape index (κ3) is 5.61. The number of rotatable bonds is 9. The molecule has 0 N–H and O–H groups in total. The van der Waals surface area contributed by atoms with E-state index in [4.69, 9.17) is 9.47 Å². The molecule has 0 aromatic heterocycles. The lowest BCUT2D eigenvalue weighted by Crippen LogP contribution is -2.49. The van der Waals surface area contributed by atoms with Crippen LogP contribution in [0.5, 0.6) is 0 Å². The van der Waals surface area contributed by atoms with Crippen molar-refractivity contribution in [3.05, 3.63) is 0 Å². The number of esters is 2. The maximum absolute atomic E-state index is 14.7. The Morgan fingerprint density at radius 2 is 1.73 bits per heavy atom. The summed E-state index contributed by atoms with van der Waals surface area (Å²) >= 11 is 0. The number of halogens is 2. The highest BCUT2D eigenvalue weighted by atomic mass is 31.1. The number of hydrogen-bond donors (Lipinski definition) is 0. The molecule has 1 rings (SSSR count). The van der Waals surface area contributed by atoms with Crippen LogP contribution >= 0.6 is 8.58 Å². The fraction of sp³-hybridized carbons (Fsp3) is 0.895. The first kappa shape index (κ1) is 23.3. The third-order valence-corrected chi connectivity index (χ3v) is 6.63. The molecular weight excluding hydrogens is 361 g/mol. The van der Waals surface area contributed by atoms with Crippen molar-refractivity contribution in [2.75, 3.05) is 6.66 Å². The molecule has 4 nitrogen and oxygen atoms in total. The van der Waals surface area contributed by atoms with Crippen molar-refractivity contribution in [3.8, 4) is 0 Å². The number of carbonyl (C=O) groups excluding carboxylic acids is 2. The summed E-state index contributed by atoms with van der Waals surface area (Å²) in [5.41, 5.74) is -0.847. The first-order chi connectivity index (χ1) is 11.9. The van der Waals surface area contributed by atoms with Crippen molar-refractivity contribution >= 4 is 20.5 Å². The molecule has 26 heavy (non-hydrogen) atoms. The summed E-state index contributed by atoms with van der Waals surface area (Å²) in [6, 6.07) is 0. The van der Waals surface area contributed by atoms with Gasteiger partial charge in [0.05, 0.1) is 5.16 Å². The SMILES string of the molecule is CCC(OC(=O)C(C)(CC(C)C)PC)C(F)(F)C(=O)OC1(C)CCCC1. The van der Waals surface area contributed by atoms with Crippen molar-refractivity contribution in [3.63, 3.8) is 0 Å². The molecule has 0 saturated heterocycles. The van der Waals surface area contributed by atoms with Crippen molar-refractivity contribution in [1.82, 2.24) is 0 Å². The Hall–Kier alpha value is -0.770. The molecule has 0 aromatic rings. The van der Waals surface area contributed by atoms with E-state index in [2.05, 4.69) is 0 Å². The van der Waals surface area contributed by atoms with Crippen LogP contribution in [0.25, 0.3) is 0 Å². The zero-order valence-electron chi connectivity index (χ0n) is 16.8. The average Bonchev–Trinajstić information content (AvgIpc) is 2.97. The standard InChI is InChI=1S/C19H33F2O4P/c1-7-14(24-15(22)18(5,26-6)12-13(2)3)19(20,21)16(23)25-17(4)10-8-9-11-17/h13-14,26H,7-12H2,1-6H3. The molecule has 3 atom stereocenters. The highest BCUT2D eigenvalue weighted by molar-refractivity contribution is 7.40. The van der Waals surface area contributed by atoms with Gasteiger partial charge in [-0.1, -0.05) is 20.8 Å². The van der Waals surface area contributed by atoms with E-state index in [9.17, 15) is 18.4 Å². The van der Waals surface area contributed by atoms with Crippen molar-refractivity contribution in [2.24, 2.45) is 5.92 Å². The molecule has 0 aromatic carbocycles. The van der Waals surface area contributed by atoms with Gasteiger partial charge >= 0.3 is 17.9 Å². The van der Waals surface area contributed by atoms with Gasteiger partial charge in [-0.05, 0) is 65.0 Å². The second-order valence-corrected chi connectivity index (χ2v) is 9.76. The van der Waals surface area contributed by atoms with Crippen LogP contribution in [0.2, 0.25) is 0 Å². The monoisotopic (exact) mass is 394 g/mol. The fourth-order valence-corrected chi connectivity index (χ4v) is 4.30. The molecule has 0 spiro atoms. The Balaban J connectivity index is 2.87. The number of alkyl halides is 2. The minimum atomic E-state index is -3.86. The maximum Gasteiger partial charge on any atom is 0.381 e. The average molecular weight is 394 g/mol. The van der Waals surface area contributed by atoms with Crippen LogP contribution in [0.3, 0.4) is 0 Å². The molecule has 1 fully saturated rings. The largest absolute Gasteiger partial charge is 0.455 e. The van der Waals surface area contributed by atoms with E-state index in [1.807, 2.05) is 20.5 Å². The second-order valence-electron chi connectivity index (χ2n) is 8.15. The van der Waals surface area contributed by atoms with Crippen LogP contribution in [-0.4, -0.2) is 41.4 Å². The van der Waals surface area contributed by atoms with Crippen LogP contribution in [-0.2, 0) is 19.1 Å². The fourth-order valence-electron chi connectivity index (χ4n) is 3.43. The highest BCUT2D eigenvalue weighted by Gasteiger charge is 2.53.